The maximum absolute atomic E-state index is 12.5. The second-order valence-electron chi connectivity index (χ2n) is 7.61. The van der Waals surface area contributed by atoms with Crippen LogP contribution in [0.3, 0.4) is 0 Å². The average Bonchev–Trinajstić information content (AvgIpc) is 2.50. The van der Waals surface area contributed by atoms with Gasteiger partial charge in [0.15, 0.2) is 0 Å². The van der Waals surface area contributed by atoms with Crippen LogP contribution in [-0.2, 0) is 16.6 Å². The molecule has 2 bridgehead atoms. The van der Waals surface area contributed by atoms with E-state index in [1.54, 1.807) is 6.07 Å². The maximum Gasteiger partial charge on any atom is 0.134 e. The number of phenolic OH excluding ortho intramolecular Hbond substituents is 1. The number of carbonyl (C=O) groups is 1. The van der Waals surface area contributed by atoms with Gasteiger partial charge in [0.25, 0.3) is 0 Å². The molecule has 22 heavy (non-hydrogen) atoms. The van der Waals surface area contributed by atoms with E-state index in [9.17, 15) is 9.90 Å². The van der Waals surface area contributed by atoms with Crippen molar-refractivity contribution in [2.75, 3.05) is 13.6 Å². The Morgan fingerprint density at radius 3 is 2.95 bits per heavy atom. The van der Waals surface area contributed by atoms with Crippen molar-refractivity contribution in [2.45, 2.75) is 50.5 Å². The normalized spacial score (nSPS) is 37.5. The van der Waals surface area contributed by atoms with E-state index in [2.05, 4.69) is 24.9 Å². The van der Waals surface area contributed by atoms with E-state index in [1.165, 1.54) is 11.1 Å². The summed E-state index contributed by atoms with van der Waals surface area (Å²) in [6, 6.07) is 6.38. The molecule has 0 amide bonds. The Bertz CT molecular complexity index is 626. The van der Waals surface area contributed by atoms with Crippen LogP contribution in [0.5, 0.6) is 5.75 Å². The third-order valence-corrected chi connectivity index (χ3v) is 6.62. The van der Waals surface area contributed by atoms with Gasteiger partial charge in [-0.15, -0.1) is 0 Å². The second kappa shape index (κ2) is 4.82. The van der Waals surface area contributed by atoms with E-state index >= 15 is 0 Å². The van der Waals surface area contributed by atoms with E-state index in [4.69, 9.17) is 0 Å². The van der Waals surface area contributed by atoms with Crippen LogP contribution in [0, 0.1) is 11.8 Å². The summed E-state index contributed by atoms with van der Waals surface area (Å²) in [6.45, 7) is 3.28. The molecule has 1 saturated carbocycles. The standard InChI is InChI=1S/C19H25NO2/c1-3-12-8-15(22)11-19-6-7-20(2)17(18(12)19)9-13-4-5-14(21)10-16(13)19/h4-5,10,12,17-18,21H,3,6-9,11H2,1-2H3/t12-,17?,18-,19?/m0/s1. The number of rotatable bonds is 1. The molecule has 0 radical (unpaired) electrons. The number of nitrogens with zero attached hydrogens (tertiary/aromatic N) is 1. The van der Waals surface area contributed by atoms with Crippen molar-refractivity contribution in [3.05, 3.63) is 29.3 Å². The van der Waals surface area contributed by atoms with E-state index in [1.807, 2.05) is 6.07 Å². The monoisotopic (exact) mass is 299 g/mol. The fourth-order valence-corrected chi connectivity index (χ4v) is 5.69. The lowest BCUT2D eigenvalue weighted by atomic mass is 9.49. The van der Waals surface area contributed by atoms with Gasteiger partial charge in [0, 0.05) is 24.3 Å². The molecule has 118 valence electrons. The largest absolute Gasteiger partial charge is 0.508 e. The number of Topliss-reactive ketones (excluding diaryl/α,β-unsaturated/α-hetero) is 1. The van der Waals surface area contributed by atoms with Gasteiger partial charge in [0.1, 0.15) is 11.5 Å². The van der Waals surface area contributed by atoms with Gasteiger partial charge in [-0.2, -0.15) is 0 Å². The second-order valence-corrected chi connectivity index (χ2v) is 7.61. The fourth-order valence-electron chi connectivity index (χ4n) is 5.69. The van der Waals surface area contributed by atoms with Gasteiger partial charge in [-0.3, -0.25) is 4.79 Å². The third-order valence-electron chi connectivity index (χ3n) is 6.62. The van der Waals surface area contributed by atoms with Gasteiger partial charge < -0.3 is 10.0 Å². The molecule has 3 heteroatoms. The van der Waals surface area contributed by atoms with Crippen molar-refractivity contribution in [2.24, 2.45) is 11.8 Å². The first-order valence-corrected chi connectivity index (χ1v) is 8.59. The molecule has 0 aromatic heterocycles. The lowest BCUT2D eigenvalue weighted by Crippen LogP contribution is -2.63. The number of carbonyl (C=O) groups excluding carboxylic acids is 1. The van der Waals surface area contributed by atoms with Crippen LogP contribution < -0.4 is 0 Å². The predicted octanol–water partition coefficient (Wildman–Crippen LogP) is 2.90. The summed E-state index contributed by atoms with van der Waals surface area (Å²) in [5.41, 5.74) is 2.59. The first kappa shape index (κ1) is 14.3. The van der Waals surface area contributed by atoms with Gasteiger partial charge >= 0.3 is 0 Å². The Kier molecular flexibility index (Phi) is 3.12. The number of ketones is 1. The molecule has 4 rings (SSSR count). The Morgan fingerprint density at radius 1 is 1.36 bits per heavy atom. The molecule has 1 aliphatic heterocycles. The Hall–Kier alpha value is -1.35. The molecule has 2 unspecified atom stereocenters. The highest BCUT2D eigenvalue weighted by atomic mass is 16.3. The van der Waals surface area contributed by atoms with Crippen molar-refractivity contribution in [3.63, 3.8) is 0 Å². The van der Waals surface area contributed by atoms with Crippen molar-refractivity contribution >= 4 is 5.78 Å². The highest BCUT2D eigenvalue weighted by Crippen LogP contribution is 2.57. The van der Waals surface area contributed by atoms with Crippen LogP contribution in [-0.4, -0.2) is 35.4 Å². The van der Waals surface area contributed by atoms with Crippen molar-refractivity contribution in [1.29, 1.82) is 0 Å². The van der Waals surface area contributed by atoms with E-state index < -0.39 is 0 Å². The number of piperidine rings is 1. The molecular formula is C19H25NO2. The minimum atomic E-state index is -0.0283. The fraction of sp³-hybridized carbons (Fsp3) is 0.632. The molecule has 3 nitrogen and oxygen atoms in total. The summed E-state index contributed by atoms with van der Waals surface area (Å²) in [5, 5.41) is 10.0. The molecule has 1 heterocycles. The summed E-state index contributed by atoms with van der Waals surface area (Å²) in [6.07, 6.45) is 4.61. The molecule has 1 saturated heterocycles. The highest BCUT2D eigenvalue weighted by molar-refractivity contribution is 5.82. The lowest BCUT2D eigenvalue weighted by molar-refractivity contribution is -0.131. The van der Waals surface area contributed by atoms with Crippen LogP contribution in [0.1, 0.15) is 43.7 Å². The Balaban J connectivity index is 1.93. The summed E-state index contributed by atoms with van der Waals surface area (Å²) in [5.74, 6) is 1.81. The number of likely N-dealkylation sites (N-methyl/N-ethyl adjacent to an activating group) is 1. The molecule has 4 atom stereocenters. The zero-order valence-electron chi connectivity index (χ0n) is 13.5. The Morgan fingerprint density at radius 2 is 2.18 bits per heavy atom. The quantitative estimate of drug-likeness (QED) is 0.867. The minimum absolute atomic E-state index is 0.0283. The van der Waals surface area contributed by atoms with Crippen molar-refractivity contribution in [1.82, 2.24) is 4.90 Å². The predicted molar refractivity (Wildman–Crippen MR) is 86.0 cm³/mol. The molecule has 2 fully saturated rings. The maximum atomic E-state index is 12.5. The number of phenols is 1. The van der Waals surface area contributed by atoms with Gasteiger partial charge in [0.2, 0.25) is 0 Å². The molecule has 1 aromatic carbocycles. The molecule has 2 aliphatic carbocycles. The Labute approximate surface area is 132 Å². The number of fused-ring (bicyclic) bond motifs is 1. The summed E-state index contributed by atoms with van der Waals surface area (Å²) in [7, 11) is 2.24. The zero-order chi connectivity index (χ0) is 15.5. The highest BCUT2D eigenvalue weighted by Gasteiger charge is 2.57. The van der Waals surface area contributed by atoms with Crippen molar-refractivity contribution < 1.29 is 9.90 Å². The summed E-state index contributed by atoms with van der Waals surface area (Å²) < 4.78 is 0. The zero-order valence-corrected chi connectivity index (χ0v) is 13.5. The van der Waals surface area contributed by atoms with E-state index in [0.29, 0.717) is 35.8 Å². The first-order valence-electron chi connectivity index (χ1n) is 8.59. The number of likely N-dealkylation sites (tertiary alicyclic amines) is 1. The topological polar surface area (TPSA) is 40.5 Å². The number of aromatic hydroxyl groups is 1. The molecule has 1 aromatic rings. The van der Waals surface area contributed by atoms with Gasteiger partial charge in [-0.1, -0.05) is 19.4 Å². The van der Waals surface area contributed by atoms with Gasteiger partial charge in [-0.05, 0) is 61.5 Å². The van der Waals surface area contributed by atoms with Gasteiger partial charge in [-0.25, -0.2) is 0 Å². The van der Waals surface area contributed by atoms with E-state index in [0.717, 1.165) is 32.2 Å². The lowest BCUT2D eigenvalue weighted by Gasteiger charge is -2.60. The first-order chi connectivity index (χ1) is 10.5. The summed E-state index contributed by atoms with van der Waals surface area (Å²) >= 11 is 0. The molecular weight excluding hydrogens is 274 g/mol. The van der Waals surface area contributed by atoms with Crippen LogP contribution in [0.4, 0.5) is 0 Å². The summed E-state index contributed by atoms with van der Waals surface area (Å²) in [4.78, 5) is 15.0. The third kappa shape index (κ3) is 1.81. The van der Waals surface area contributed by atoms with Crippen LogP contribution in [0.15, 0.2) is 18.2 Å². The number of benzene rings is 1. The van der Waals surface area contributed by atoms with Crippen LogP contribution in [0.2, 0.25) is 0 Å². The molecule has 1 N–H and O–H groups in total. The SMILES string of the molecule is CC[C@H]1CC(=O)CC23CCN(C)C(Cc4ccc(O)cc42)[C@H]13. The molecule has 0 spiro atoms. The minimum Gasteiger partial charge on any atom is -0.508 e. The van der Waals surface area contributed by atoms with E-state index in [-0.39, 0.29) is 5.41 Å². The number of hydrogen-bond acceptors (Lipinski definition) is 3. The van der Waals surface area contributed by atoms with Crippen LogP contribution in [0.25, 0.3) is 0 Å². The van der Waals surface area contributed by atoms with Crippen molar-refractivity contribution in [3.8, 4) is 5.75 Å². The number of hydrogen-bond donors (Lipinski definition) is 1. The van der Waals surface area contributed by atoms with Gasteiger partial charge in [0.05, 0.1) is 0 Å². The average molecular weight is 299 g/mol. The van der Waals surface area contributed by atoms with Crippen LogP contribution >= 0.6 is 0 Å². The molecule has 3 aliphatic rings. The smallest absolute Gasteiger partial charge is 0.134 e.